The van der Waals surface area contributed by atoms with E-state index < -0.39 is 10.0 Å². The number of sulfonamides is 1. The number of carbonyl (C=O) groups excluding carboxylic acids is 1. The van der Waals surface area contributed by atoms with Crippen molar-refractivity contribution in [1.82, 2.24) is 14.5 Å². The van der Waals surface area contributed by atoms with Crippen LogP contribution in [0, 0.1) is 0 Å². The molecule has 11 heteroatoms. The van der Waals surface area contributed by atoms with Crippen LogP contribution in [0.5, 0.6) is 0 Å². The first-order valence-corrected chi connectivity index (χ1v) is 12.4. The molecule has 1 fully saturated rings. The molecule has 0 spiro atoms. The number of nitrogens with one attached hydrogen (secondary N) is 1. The Balaban J connectivity index is 1.47. The third-order valence-corrected chi connectivity index (χ3v) is 9.10. The molecule has 29 heavy (non-hydrogen) atoms. The fourth-order valence-corrected chi connectivity index (χ4v) is 6.86. The quantitative estimate of drug-likeness (QED) is 0.609. The van der Waals surface area contributed by atoms with Gasteiger partial charge in [0.1, 0.15) is 9.22 Å². The number of halogens is 1. The van der Waals surface area contributed by atoms with E-state index in [0.717, 1.165) is 12.8 Å². The zero-order valence-corrected chi connectivity index (χ0v) is 18.3. The second-order valence-electron chi connectivity index (χ2n) is 6.54. The van der Waals surface area contributed by atoms with Gasteiger partial charge in [-0.05, 0) is 42.5 Å². The lowest BCUT2D eigenvalue weighted by atomic mass is 10.0. The Hall–Kier alpha value is -1.85. The highest BCUT2D eigenvalue weighted by Crippen LogP contribution is 2.33. The molecule has 0 bridgehead atoms. The summed E-state index contributed by atoms with van der Waals surface area (Å²) in [5, 5.41) is 14.1. The van der Waals surface area contributed by atoms with E-state index in [4.69, 9.17) is 11.6 Å². The minimum atomic E-state index is -3.50. The first-order valence-electron chi connectivity index (χ1n) is 8.87. The minimum Gasteiger partial charge on any atom is -0.320 e. The minimum absolute atomic E-state index is 0.0799. The second-order valence-corrected chi connectivity index (χ2v) is 11.1. The Morgan fingerprint density at radius 1 is 1.24 bits per heavy atom. The topological polar surface area (TPSA) is 92.3 Å². The molecule has 4 rings (SSSR count). The molecule has 152 valence electrons. The molecule has 3 heterocycles. The molecule has 1 amide bonds. The first kappa shape index (κ1) is 20.4. The van der Waals surface area contributed by atoms with Crippen LogP contribution in [0.3, 0.4) is 0 Å². The normalized spacial score (nSPS) is 17.9. The van der Waals surface area contributed by atoms with E-state index in [1.807, 2.05) is 0 Å². The average Bonchev–Trinajstić information content (AvgIpc) is 3.41. The van der Waals surface area contributed by atoms with Crippen molar-refractivity contribution < 1.29 is 13.2 Å². The number of hydrogen-bond donors (Lipinski definition) is 1. The number of hydrogen-bond acceptors (Lipinski definition) is 7. The predicted octanol–water partition coefficient (Wildman–Crippen LogP) is 4.07. The maximum atomic E-state index is 12.8. The third-order valence-electron chi connectivity index (χ3n) is 4.54. The maximum absolute atomic E-state index is 12.8. The predicted molar refractivity (Wildman–Crippen MR) is 114 cm³/mol. The summed E-state index contributed by atoms with van der Waals surface area (Å²) in [6, 6.07) is 10.2. The van der Waals surface area contributed by atoms with E-state index in [0.29, 0.717) is 33.0 Å². The number of rotatable bonds is 5. The number of carbonyl (C=O) groups is 1. The summed E-state index contributed by atoms with van der Waals surface area (Å²) < 4.78 is 27.4. The highest BCUT2D eigenvalue weighted by Gasteiger charge is 2.33. The Labute approximate surface area is 181 Å². The van der Waals surface area contributed by atoms with Gasteiger partial charge in [-0.1, -0.05) is 35.1 Å². The number of nitrogens with zero attached hydrogens (tertiary/aromatic N) is 3. The molecule has 3 aromatic rings. The summed E-state index contributed by atoms with van der Waals surface area (Å²) in [5.41, 5.74) is 0.574. The van der Waals surface area contributed by atoms with Crippen LogP contribution >= 0.6 is 34.3 Å². The van der Waals surface area contributed by atoms with Crippen molar-refractivity contribution in [3.8, 4) is 0 Å². The van der Waals surface area contributed by atoms with Gasteiger partial charge in [0.15, 0.2) is 0 Å². The summed E-state index contributed by atoms with van der Waals surface area (Å²) in [6.45, 7) is 0.822. The Morgan fingerprint density at radius 2 is 2.10 bits per heavy atom. The number of piperidine rings is 1. The van der Waals surface area contributed by atoms with E-state index in [-0.39, 0.29) is 16.8 Å². The third kappa shape index (κ3) is 4.51. The Bertz CT molecular complexity index is 1120. The van der Waals surface area contributed by atoms with Crippen LogP contribution in [0.15, 0.2) is 46.0 Å². The Kier molecular flexibility index (Phi) is 5.98. The standard InChI is InChI=1S/C18H17ClN4O3S3/c19-13-5-1-6-14(10-13)20-16(24)18-22-21-17(28-18)12-4-2-8-23(11-12)29(25,26)15-7-3-9-27-15/h1,3,5-7,9-10,12H,2,4,8,11H2,(H,20,24)/t12-/m0/s1. The van der Waals surface area contributed by atoms with E-state index in [1.165, 1.54) is 27.0 Å². The van der Waals surface area contributed by atoms with Crippen molar-refractivity contribution in [1.29, 1.82) is 0 Å². The summed E-state index contributed by atoms with van der Waals surface area (Å²) in [4.78, 5) is 12.4. The van der Waals surface area contributed by atoms with Gasteiger partial charge in [-0.2, -0.15) is 4.31 Å². The number of amides is 1. The van der Waals surface area contributed by atoms with Crippen LogP contribution in [0.25, 0.3) is 0 Å². The first-order chi connectivity index (χ1) is 13.9. The lowest BCUT2D eigenvalue weighted by Crippen LogP contribution is -2.38. The van der Waals surface area contributed by atoms with Gasteiger partial charge in [0.25, 0.3) is 15.9 Å². The fourth-order valence-electron chi connectivity index (χ4n) is 3.14. The van der Waals surface area contributed by atoms with Gasteiger partial charge >= 0.3 is 0 Å². The van der Waals surface area contributed by atoms with Crippen molar-refractivity contribution in [3.05, 3.63) is 56.8 Å². The summed E-state index contributed by atoms with van der Waals surface area (Å²) >= 11 is 8.35. The molecule has 1 aromatic carbocycles. The zero-order chi connectivity index (χ0) is 20.4. The maximum Gasteiger partial charge on any atom is 0.286 e. The summed E-state index contributed by atoms with van der Waals surface area (Å²) in [7, 11) is -3.50. The SMILES string of the molecule is O=C(Nc1cccc(Cl)c1)c1nnc([C@H]2CCCN(S(=O)(=O)c3cccs3)C2)s1. The molecule has 0 saturated carbocycles. The molecule has 1 N–H and O–H groups in total. The lowest BCUT2D eigenvalue weighted by Gasteiger charge is -2.30. The largest absolute Gasteiger partial charge is 0.320 e. The van der Waals surface area contributed by atoms with Crippen LogP contribution in [-0.2, 0) is 10.0 Å². The van der Waals surface area contributed by atoms with Crippen molar-refractivity contribution in [2.45, 2.75) is 23.0 Å². The molecule has 2 aromatic heterocycles. The van der Waals surface area contributed by atoms with Gasteiger partial charge < -0.3 is 5.32 Å². The lowest BCUT2D eigenvalue weighted by molar-refractivity contribution is 0.102. The van der Waals surface area contributed by atoms with Crippen LogP contribution < -0.4 is 5.32 Å². The number of thiophene rings is 1. The summed E-state index contributed by atoms with van der Waals surface area (Å²) in [6.07, 6.45) is 1.54. The molecule has 0 unspecified atom stereocenters. The molecular weight excluding hydrogens is 452 g/mol. The molecule has 7 nitrogen and oxygen atoms in total. The molecule has 0 aliphatic carbocycles. The van der Waals surface area contributed by atoms with E-state index in [2.05, 4.69) is 15.5 Å². The Morgan fingerprint density at radius 3 is 2.86 bits per heavy atom. The van der Waals surface area contributed by atoms with Gasteiger partial charge in [0.05, 0.1) is 0 Å². The monoisotopic (exact) mass is 468 g/mol. The van der Waals surface area contributed by atoms with Crippen molar-refractivity contribution >= 4 is 55.9 Å². The van der Waals surface area contributed by atoms with Gasteiger partial charge in [-0.3, -0.25) is 4.79 Å². The van der Waals surface area contributed by atoms with Crippen molar-refractivity contribution in [2.75, 3.05) is 18.4 Å². The number of benzene rings is 1. The molecule has 1 saturated heterocycles. The highest BCUT2D eigenvalue weighted by molar-refractivity contribution is 7.91. The van der Waals surface area contributed by atoms with Crippen LogP contribution in [0.4, 0.5) is 5.69 Å². The van der Waals surface area contributed by atoms with Crippen molar-refractivity contribution in [2.24, 2.45) is 0 Å². The van der Waals surface area contributed by atoms with Crippen molar-refractivity contribution in [3.63, 3.8) is 0 Å². The van der Waals surface area contributed by atoms with E-state index >= 15 is 0 Å². The van der Waals surface area contributed by atoms with Gasteiger partial charge in [0, 0.05) is 29.7 Å². The second kappa shape index (κ2) is 8.49. The molecule has 1 aliphatic heterocycles. The smallest absolute Gasteiger partial charge is 0.286 e. The van der Waals surface area contributed by atoms with Crippen LogP contribution in [0.1, 0.15) is 33.6 Å². The van der Waals surface area contributed by atoms with Crippen LogP contribution in [-0.4, -0.2) is 41.9 Å². The van der Waals surface area contributed by atoms with Crippen LogP contribution in [0.2, 0.25) is 5.02 Å². The van der Waals surface area contributed by atoms with E-state index in [9.17, 15) is 13.2 Å². The van der Waals surface area contributed by atoms with Gasteiger partial charge in [-0.15, -0.1) is 21.5 Å². The summed E-state index contributed by atoms with van der Waals surface area (Å²) in [5.74, 6) is -0.446. The average molecular weight is 469 g/mol. The number of anilines is 1. The molecular formula is C18H17ClN4O3S3. The van der Waals surface area contributed by atoms with Gasteiger partial charge in [0.2, 0.25) is 5.01 Å². The van der Waals surface area contributed by atoms with Gasteiger partial charge in [-0.25, -0.2) is 8.42 Å². The zero-order valence-electron chi connectivity index (χ0n) is 15.1. The highest BCUT2D eigenvalue weighted by atomic mass is 35.5. The molecule has 1 aliphatic rings. The fraction of sp³-hybridized carbons (Fsp3) is 0.278. The molecule has 1 atom stereocenters. The number of aromatic nitrogens is 2. The van der Waals surface area contributed by atoms with E-state index in [1.54, 1.807) is 41.8 Å². The molecule has 0 radical (unpaired) electrons.